The molecule has 22 heavy (non-hydrogen) atoms. The van der Waals surface area contributed by atoms with E-state index >= 15 is 0 Å². The van der Waals surface area contributed by atoms with Crippen LogP contribution in [0.1, 0.15) is 38.7 Å². The molecule has 3 nitrogen and oxygen atoms in total. The second-order valence-corrected chi connectivity index (χ2v) is 9.40. The number of nitrogens with two attached hydrogens (primary N) is 1. The van der Waals surface area contributed by atoms with E-state index in [2.05, 4.69) is 35.2 Å². The summed E-state index contributed by atoms with van der Waals surface area (Å²) in [6.07, 6.45) is 3.61. The van der Waals surface area contributed by atoms with Crippen molar-refractivity contribution in [2.75, 3.05) is 13.1 Å². The van der Waals surface area contributed by atoms with Gasteiger partial charge >= 0.3 is 0 Å². The topological polar surface area (TPSA) is 52.3 Å². The summed E-state index contributed by atoms with van der Waals surface area (Å²) in [6, 6.07) is 10.7. The van der Waals surface area contributed by atoms with Crippen molar-refractivity contribution in [1.29, 1.82) is 0 Å². The van der Waals surface area contributed by atoms with E-state index in [1.807, 2.05) is 13.8 Å². The smallest absolute Gasteiger partial charge is 0.139 e. The maximum Gasteiger partial charge on any atom is 0.139 e. The molecule has 2 fully saturated rings. The van der Waals surface area contributed by atoms with Crippen LogP contribution in [0.2, 0.25) is 0 Å². The number of fused-ring (bicyclic) bond motifs is 1. The molecule has 2 N–H and O–H groups in total. The Balaban J connectivity index is 1.59. The van der Waals surface area contributed by atoms with Crippen molar-refractivity contribution in [3.8, 4) is 0 Å². The second-order valence-electron chi connectivity index (χ2n) is 7.70. The normalized spacial score (nSPS) is 30.5. The molecule has 4 unspecified atom stereocenters. The van der Waals surface area contributed by atoms with Crippen LogP contribution in [0.3, 0.4) is 0 Å². The summed E-state index contributed by atoms with van der Waals surface area (Å²) in [4.78, 5) is 2.60. The fourth-order valence-corrected chi connectivity index (χ4v) is 4.79. The first-order valence-corrected chi connectivity index (χ1v) is 9.59. The van der Waals surface area contributed by atoms with Gasteiger partial charge in [0.15, 0.2) is 0 Å². The lowest BCUT2D eigenvalue weighted by atomic mass is 9.86. The Hall–Kier alpha value is -0.550. The molecule has 0 bridgehead atoms. The predicted molar refractivity (Wildman–Crippen MR) is 92.4 cm³/mol. The molecule has 0 amide bonds. The van der Waals surface area contributed by atoms with E-state index in [1.165, 1.54) is 31.5 Å². The molecule has 4 heteroatoms. The van der Waals surface area contributed by atoms with Crippen molar-refractivity contribution < 1.29 is 4.55 Å². The molecule has 1 saturated heterocycles. The molecular formula is C18H28N2OS. The molecule has 1 saturated carbocycles. The van der Waals surface area contributed by atoms with E-state index in [1.54, 1.807) is 0 Å². The number of hydrogen-bond acceptors (Lipinski definition) is 3. The van der Waals surface area contributed by atoms with Gasteiger partial charge in [-0.25, -0.2) is 0 Å². The molecule has 3 rings (SSSR count). The minimum atomic E-state index is -1.23. The van der Waals surface area contributed by atoms with Gasteiger partial charge in [0.2, 0.25) is 0 Å². The lowest BCUT2D eigenvalue weighted by Gasteiger charge is -2.30. The van der Waals surface area contributed by atoms with E-state index in [4.69, 9.17) is 5.14 Å². The van der Waals surface area contributed by atoms with Gasteiger partial charge in [-0.05, 0) is 50.0 Å². The van der Waals surface area contributed by atoms with E-state index < -0.39 is 11.4 Å². The number of rotatable bonds is 5. The first kappa shape index (κ1) is 16.3. The zero-order chi connectivity index (χ0) is 15.7. The molecule has 2 aliphatic rings. The fraction of sp³-hybridized carbons (Fsp3) is 0.667. The standard InChI is InChI=1S/C18H28N2OS/c1-18(2,22(19)21)10-15-8-9-16-12-20(13-17(15)16)11-14-6-4-3-5-7-14/h3-7,15-17H,8-13,19H2,1-2H3. The van der Waals surface area contributed by atoms with Crippen LogP contribution in [0.4, 0.5) is 0 Å². The Morgan fingerprint density at radius 3 is 2.64 bits per heavy atom. The van der Waals surface area contributed by atoms with E-state index in [9.17, 15) is 4.55 Å². The zero-order valence-electron chi connectivity index (χ0n) is 13.7. The highest BCUT2D eigenvalue weighted by Crippen LogP contribution is 2.46. The van der Waals surface area contributed by atoms with Gasteiger partial charge in [-0.2, -0.15) is 5.14 Å². The molecule has 0 radical (unpaired) electrons. The van der Waals surface area contributed by atoms with Crippen molar-refractivity contribution >= 4 is 11.4 Å². The molecule has 4 atom stereocenters. The van der Waals surface area contributed by atoms with Crippen LogP contribution in [0.15, 0.2) is 30.3 Å². The van der Waals surface area contributed by atoms with Gasteiger partial charge in [-0.3, -0.25) is 4.90 Å². The lowest BCUT2D eigenvalue weighted by Crippen LogP contribution is -2.40. The minimum Gasteiger partial charge on any atom is -0.598 e. The molecule has 1 aromatic rings. The van der Waals surface area contributed by atoms with Crippen LogP contribution in [-0.2, 0) is 17.9 Å². The first-order valence-electron chi connectivity index (χ1n) is 8.38. The van der Waals surface area contributed by atoms with Gasteiger partial charge in [0.05, 0.1) is 0 Å². The van der Waals surface area contributed by atoms with Gasteiger partial charge in [0, 0.05) is 37.4 Å². The van der Waals surface area contributed by atoms with Crippen molar-refractivity contribution in [3.05, 3.63) is 35.9 Å². The van der Waals surface area contributed by atoms with Gasteiger partial charge in [-0.15, -0.1) is 0 Å². The van der Waals surface area contributed by atoms with Crippen molar-refractivity contribution in [2.45, 2.75) is 44.4 Å². The molecular weight excluding hydrogens is 292 g/mol. The highest BCUT2D eigenvalue weighted by Gasteiger charge is 2.46. The van der Waals surface area contributed by atoms with Gasteiger partial charge in [-0.1, -0.05) is 30.3 Å². The van der Waals surface area contributed by atoms with Gasteiger partial charge < -0.3 is 4.55 Å². The summed E-state index contributed by atoms with van der Waals surface area (Å²) in [5, 5.41) is 5.68. The summed E-state index contributed by atoms with van der Waals surface area (Å²) in [5.74, 6) is 2.29. The van der Waals surface area contributed by atoms with Crippen molar-refractivity contribution in [3.63, 3.8) is 0 Å². The Bertz CT molecular complexity index is 491. The van der Waals surface area contributed by atoms with E-state index in [0.29, 0.717) is 5.92 Å². The van der Waals surface area contributed by atoms with Crippen LogP contribution in [0.25, 0.3) is 0 Å². The zero-order valence-corrected chi connectivity index (χ0v) is 14.5. The first-order chi connectivity index (χ1) is 10.5. The quantitative estimate of drug-likeness (QED) is 0.849. The third-order valence-corrected chi connectivity index (χ3v) is 6.88. The van der Waals surface area contributed by atoms with Crippen molar-refractivity contribution in [2.24, 2.45) is 22.9 Å². The number of nitrogens with zero attached hydrogens (tertiary/aromatic N) is 1. The lowest BCUT2D eigenvalue weighted by molar-refractivity contribution is 0.267. The Labute approximate surface area is 137 Å². The Morgan fingerprint density at radius 2 is 1.95 bits per heavy atom. The Morgan fingerprint density at radius 1 is 1.23 bits per heavy atom. The molecule has 1 aromatic carbocycles. The number of benzene rings is 1. The number of hydrogen-bond donors (Lipinski definition) is 1. The molecule has 0 aromatic heterocycles. The monoisotopic (exact) mass is 320 g/mol. The van der Waals surface area contributed by atoms with Crippen LogP contribution in [-0.4, -0.2) is 27.3 Å². The maximum absolute atomic E-state index is 11.7. The summed E-state index contributed by atoms with van der Waals surface area (Å²) in [7, 11) is 0. The molecule has 1 aliphatic heterocycles. The third kappa shape index (κ3) is 3.51. The maximum atomic E-state index is 11.7. The summed E-state index contributed by atoms with van der Waals surface area (Å²) >= 11 is -1.23. The van der Waals surface area contributed by atoms with Crippen LogP contribution in [0, 0.1) is 17.8 Å². The molecule has 122 valence electrons. The average molecular weight is 321 g/mol. The van der Waals surface area contributed by atoms with Gasteiger partial charge in [0.25, 0.3) is 0 Å². The SMILES string of the molecule is CC(C)(CC1CCC2CN(Cc3ccccc3)CC21)[S+](N)[O-]. The summed E-state index contributed by atoms with van der Waals surface area (Å²) in [5.41, 5.74) is 1.41. The largest absolute Gasteiger partial charge is 0.598 e. The average Bonchev–Trinajstić information content (AvgIpc) is 3.01. The van der Waals surface area contributed by atoms with Crippen molar-refractivity contribution in [1.82, 2.24) is 4.90 Å². The summed E-state index contributed by atoms with van der Waals surface area (Å²) < 4.78 is 11.5. The van der Waals surface area contributed by atoms with Gasteiger partial charge in [0.1, 0.15) is 4.75 Å². The molecule has 1 aliphatic carbocycles. The minimum absolute atomic E-state index is 0.258. The summed E-state index contributed by atoms with van der Waals surface area (Å²) in [6.45, 7) is 7.58. The molecule has 0 spiro atoms. The van der Waals surface area contributed by atoms with Crippen LogP contribution < -0.4 is 5.14 Å². The molecule has 1 heterocycles. The van der Waals surface area contributed by atoms with Crippen LogP contribution >= 0.6 is 0 Å². The third-order valence-electron chi connectivity index (χ3n) is 5.63. The highest BCUT2D eigenvalue weighted by atomic mass is 32.2. The highest BCUT2D eigenvalue weighted by molar-refractivity contribution is 7.90. The number of likely N-dealkylation sites (tertiary alicyclic amines) is 1. The second kappa shape index (κ2) is 6.52. The predicted octanol–water partition coefficient (Wildman–Crippen LogP) is 2.94. The fourth-order valence-electron chi connectivity index (χ4n) is 4.41. The van der Waals surface area contributed by atoms with E-state index in [-0.39, 0.29) is 4.75 Å². The van der Waals surface area contributed by atoms with E-state index in [0.717, 1.165) is 24.8 Å². The Kier molecular flexibility index (Phi) is 4.83. The van der Waals surface area contributed by atoms with Crippen LogP contribution in [0.5, 0.6) is 0 Å².